The van der Waals surface area contributed by atoms with E-state index >= 15 is 0 Å². The van der Waals surface area contributed by atoms with Gasteiger partial charge in [-0.1, -0.05) is 12.1 Å². The van der Waals surface area contributed by atoms with Gasteiger partial charge in [-0.15, -0.1) is 10.2 Å². The van der Waals surface area contributed by atoms with Crippen LogP contribution in [0, 0.1) is 0 Å². The standard InChI is InChI=1S/C17H13N5O3S2/c1-27(24,25)22-13-6-2-4-10-14(23)8-7-12(15(10)13)19-20-17-11-5-3-9-18-16(11)21-26-17/h2-9,22-23H,1H3. The first-order chi connectivity index (χ1) is 12.9. The molecule has 0 aliphatic heterocycles. The number of aromatic nitrogens is 2. The second kappa shape index (κ2) is 6.56. The summed E-state index contributed by atoms with van der Waals surface area (Å²) < 4.78 is 30.1. The Kier molecular flexibility index (Phi) is 4.21. The molecule has 0 saturated heterocycles. The molecule has 4 aromatic rings. The molecular weight excluding hydrogens is 386 g/mol. The lowest BCUT2D eigenvalue weighted by Crippen LogP contribution is -2.09. The van der Waals surface area contributed by atoms with E-state index in [1.165, 1.54) is 17.6 Å². The van der Waals surface area contributed by atoms with Gasteiger partial charge in [0.2, 0.25) is 10.0 Å². The minimum Gasteiger partial charge on any atom is -0.507 e. The van der Waals surface area contributed by atoms with Crippen LogP contribution in [0.2, 0.25) is 0 Å². The van der Waals surface area contributed by atoms with Crippen LogP contribution in [0.5, 0.6) is 5.75 Å². The minimum atomic E-state index is -3.51. The van der Waals surface area contributed by atoms with Crippen molar-refractivity contribution in [1.29, 1.82) is 0 Å². The van der Waals surface area contributed by atoms with Crippen LogP contribution < -0.4 is 4.72 Å². The van der Waals surface area contributed by atoms with Crippen LogP contribution in [0.4, 0.5) is 16.4 Å². The van der Waals surface area contributed by atoms with Crippen molar-refractivity contribution in [2.75, 3.05) is 11.0 Å². The molecule has 2 N–H and O–H groups in total. The van der Waals surface area contributed by atoms with Gasteiger partial charge in [-0.2, -0.15) is 4.37 Å². The predicted octanol–water partition coefficient (Wildman–Crippen LogP) is 4.34. The Balaban J connectivity index is 1.87. The number of aromatic hydroxyl groups is 1. The number of pyridine rings is 1. The Morgan fingerprint density at radius 3 is 2.70 bits per heavy atom. The lowest BCUT2D eigenvalue weighted by atomic mass is 10.1. The number of nitrogens with zero attached hydrogens (tertiary/aromatic N) is 4. The summed E-state index contributed by atoms with van der Waals surface area (Å²) in [5.74, 6) is 0.0218. The second-order valence-electron chi connectivity index (χ2n) is 5.77. The van der Waals surface area contributed by atoms with Crippen molar-refractivity contribution in [1.82, 2.24) is 9.36 Å². The summed E-state index contributed by atoms with van der Waals surface area (Å²) >= 11 is 1.17. The molecule has 0 radical (unpaired) electrons. The molecule has 0 unspecified atom stereocenters. The number of nitrogens with one attached hydrogen (secondary N) is 1. The Morgan fingerprint density at radius 2 is 1.89 bits per heavy atom. The number of fused-ring (bicyclic) bond motifs is 2. The molecule has 2 heterocycles. The van der Waals surface area contributed by atoms with Crippen molar-refractivity contribution in [2.45, 2.75) is 0 Å². The second-order valence-corrected chi connectivity index (χ2v) is 8.27. The van der Waals surface area contributed by atoms with Gasteiger partial charge in [-0.05, 0) is 41.9 Å². The van der Waals surface area contributed by atoms with Gasteiger partial charge in [-0.3, -0.25) is 4.72 Å². The van der Waals surface area contributed by atoms with Crippen LogP contribution in [-0.4, -0.2) is 29.1 Å². The normalized spacial score (nSPS) is 12.2. The Labute approximate surface area is 158 Å². The number of benzene rings is 2. The Morgan fingerprint density at radius 1 is 1.07 bits per heavy atom. The Hall–Kier alpha value is -3.11. The predicted molar refractivity (Wildman–Crippen MR) is 106 cm³/mol. The van der Waals surface area contributed by atoms with Crippen LogP contribution in [0.15, 0.2) is 58.9 Å². The molecule has 0 bridgehead atoms. The van der Waals surface area contributed by atoms with Crippen molar-refractivity contribution in [3.63, 3.8) is 0 Å². The number of rotatable bonds is 4. The molecule has 136 valence electrons. The van der Waals surface area contributed by atoms with E-state index < -0.39 is 10.0 Å². The number of anilines is 1. The number of hydrogen-bond donors (Lipinski definition) is 2. The van der Waals surface area contributed by atoms with Crippen molar-refractivity contribution >= 4 is 59.7 Å². The number of phenols is 1. The SMILES string of the molecule is CS(=O)(=O)Nc1cccc2c(O)ccc(N=Nc3snc4ncccc34)c12. The van der Waals surface area contributed by atoms with Crippen LogP contribution in [0.1, 0.15) is 0 Å². The Bertz CT molecular complexity index is 1300. The molecule has 0 aliphatic carbocycles. The highest BCUT2D eigenvalue weighted by Gasteiger charge is 2.13. The summed E-state index contributed by atoms with van der Waals surface area (Å²) in [7, 11) is -3.51. The maximum Gasteiger partial charge on any atom is 0.229 e. The lowest BCUT2D eigenvalue weighted by Gasteiger charge is -2.10. The molecule has 0 atom stereocenters. The van der Waals surface area contributed by atoms with Gasteiger partial charge in [0.05, 0.1) is 23.0 Å². The number of azo groups is 1. The minimum absolute atomic E-state index is 0.0218. The summed E-state index contributed by atoms with van der Waals surface area (Å²) in [4.78, 5) is 4.16. The van der Waals surface area contributed by atoms with Crippen molar-refractivity contribution in [3.8, 4) is 5.75 Å². The van der Waals surface area contributed by atoms with Crippen LogP contribution in [0.25, 0.3) is 21.8 Å². The average Bonchev–Trinajstić information content (AvgIpc) is 3.04. The van der Waals surface area contributed by atoms with E-state index in [0.717, 1.165) is 11.6 Å². The van der Waals surface area contributed by atoms with Crippen molar-refractivity contribution < 1.29 is 13.5 Å². The monoisotopic (exact) mass is 399 g/mol. The maximum absolute atomic E-state index is 11.7. The number of sulfonamides is 1. The van der Waals surface area contributed by atoms with Gasteiger partial charge < -0.3 is 5.11 Å². The van der Waals surface area contributed by atoms with Gasteiger partial charge in [0.1, 0.15) is 5.75 Å². The molecule has 0 spiro atoms. The first-order valence-electron chi connectivity index (χ1n) is 7.77. The number of phenolic OH excluding ortho intramolecular Hbond substituents is 1. The molecule has 8 nitrogen and oxygen atoms in total. The molecule has 2 aromatic carbocycles. The zero-order valence-corrected chi connectivity index (χ0v) is 15.6. The van der Waals surface area contributed by atoms with Crippen LogP contribution in [0.3, 0.4) is 0 Å². The van der Waals surface area contributed by atoms with Crippen LogP contribution >= 0.6 is 11.5 Å². The van der Waals surface area contributed by atoms with Crippen LogP contribution in [-0.2, 0) is 10.0 Å². The van der Waals surface area contributed by atoms with E-state index in [1.807, 2.05) is 6.07 Å². The fourth-order valence-corrected chi connectivity index (χ4v) is 3.91. The molecule has 0 amide bonds. The maximum atomic E-state index is 11.7. The van der Waals surface area contributed by atoms with Gasteiger partial charge in [0, 0.05) is 17.0 Å². The molecule has 27 heavy (non-hydrogen) atoms. The molecular formula is C17H13N5O3S2. The third-order valence-corrected chi connectivity index (χ3v) is 5.10. The first kappa shape index (κ1) is 17.3. The topological polar surface area (TPSA) is 117 Å². The van der Waals surface area contributed by atoms with E-state index in [1.54, 1.807) is 36.5 Å². The summed E-state index contributed by atoms with van der Waals surface area (Å²) in [5, 5.41) is 21.0. The lowest BCUT2D eigenvalue weighted by molar-refractivity contribution is 0.481. The zero-order chi connectivity index (χ0) is 19.0. The molecule has 10 heteroatoms. The van der Waals surface area contributed by atoms with Gasteiger partial charge in [0.25, 0.3) is 0 Å². The van der Waals surface area contributed by atoms with Crippen molar-refractivity contribution in [2.24, 2.45) is 10.2 Å². The summed E-state index contributed by atoms with van der Waals surface area (Å²) in [6.07, 6.45) is 2.71. The summed E-state index contributed by atoms with van der Waals surface area (Å²) in [6, 6.07) is 11.7. The molecule has 0 aliphatic rings. The smallest absolute Gasteiger partial charge is 0.229 e. The number of hydrogen-bond acceptors (Lipinski definition) is 8. The van der Waals surface area contributed by atoms with E-state index in [-0.39, 0.29) is 5.75 Å². The molecule has 0 fully saturated rings. The zero-order valence-electron chi connectivity index (χ0n) is 14.0. The highest BCUT2D eigenvalue weighted by Crippen LogP contribution is 2.39. The van der Waals surface area contributed by atoms with Crippen molar-refractivity contribution in [3.05, 3.63) is 48.7 Å². The van der Waals surface area contributed by atoms with E-state index in [2.05, 4.69) is 24.3 Å². The van der Waals surface area contributed by atoms with E-state index in [0.29, 0.717) is 32.8 Å². The third kappa shape index (κ3) is 3.44. The highest BCUT2D eigenvalue weighted by molar-refractivity contribution is 7.92. The average molecular weight is 399 g/mol. The molecule has 2 aromatic heterocycles. The quantitative estimate of drug-likeness (QED) is 0.495. The third-order valence-electron chi connectivity index (χ3n) is 3.78. The fourth-order valence-electron chi connectivity index (χ4n) is 2.68. The highest BCUT2D eigenvalue weighted by atomic mass is 32.2. The first-order valence-corrected chi connectivity index (χ1v) is 10.4. The van der Waals surface area contributed by atoms with E-state index in [9.17, 15) is 13.5 Å². The molecule has 0 saturated carbocycles. The molecule has 4 rings (SSSR count). The summed E-state index contributed by atoms with van der Waals surface area (Å²) in [6.45, 7) is 0. The van der Waals surface area contributed by atoms with Gasteiger partial charge in [-0.25, -0.2) is 13.4 Å². The fraction of sp³-hybridized carbons (Fsp3) is 0.0588. The van der Waals surface area contributed by atoms with E-state index in [4.69, 9.17) is 0 Å². The van der Waals surface area contributed by atoms with Gasteiger partial charge >= 0.3 is 0 Å². The van der Waals surface area contributed by atoms with Gasteiger partial charge in [0.15, 0.2) is 10.6 Å². The largest absolute Gasteiger partial charge is 0.507 e. The summed E-state index contributed by atoms with van der Waals surface area (Å²) in [5.41, 5.74) is 1.32.